The van der Waals surface area contributed by atoms with E-state index in [4.69, 9.17) is 0 Å². The van der Waals surface area contributed by atoms with Gasteiger partial charge < -0.3 is 4.90 Å². The van der Waals surface area contributed by atoms with E-state index >= 15 is 0 Å². The first kappa shape index (κ1) is 12.4. The number of allylic oxidation sites excluding steroid dienone is 2. The van der Waals surface area contributed by atoms with Gasteiger partial charge in [-0.25, -0.2) is 0 Å². The molecule has 3 amide bonds. The molecule has 88 valence electrons. The number of hydrogen-bond acceptors (Lipinski definition) is 3. The van der Waals surface area contributed by atoms with E-state index in [1.807, 2.05) is 0 Å². The first-order valence-corrected chi connectivity index (χ1v) is 5.23. The van der Waals surface area contributed by atoms with Crippen molar-refractivity contribution in [2.45, 2.75) is 39.7 Å². The van der Waals surface area contributed by atoms with Gasteiger partial charge in [0.2, 0.25) is 17.7 Å². The topological polar surface area (TPSA) is 66.5 Å². The maximum atomic E-state index is 11.6. The number of carbonyl (C=O) groups is 3. The molecule has 1 aliphatic rings. The third kappa shape index (κ3) is 2.48. The molecule has 5 nitrogen and oxygen atoms in total. The van der Waals surface area contributed by atoms with Crippen molar-refractivity contribution in [2.24, 2.45) is 0 Å². The fourth-order valence-electron chi connectivity index (χ4n) is 1.78. The summed E-state index contributed by atoms with van der Waals surface area (Å²) in [7, 11) is 0. The van der Waals surface area contributed by atoms with Crippen molar-refractivity contribution in [3.05, 3.63) is 11.8 Å². The summed E-state index contributed by atoms with van der Waals surface area (Å²) in [5, 5.41) is 2.24. The zero-order chi connectivity index (χ0) is 12.3. The van der Waals surface area contributed by atoms with Crippen LogP contribution in [0.3, 0.4) is 0 Å². The Balaban J connectivity index is 2.92. The smallest absolute Gasteiger partial charge is 0.249 e. The number of nitrogens with one attached hydrogen (secondary N) is 1. The Morgan fingerprint density at radius 1 is 1.44 bits per heavy atom. The Morgan fingerprint density at radius 3 is 2.50 bits per heavy atom. The van der Waals surface area contributed by atoms with Gasteiger partial charge in [0, 0.05) is 19.0 Å². The molecule has 1 heterocycles. The van der Waals surface area contributed by atoms with Crippen LogP contribution in [0.1, 0.15) is 33.6 Å². The first-order valence-electron chi connectivity index (χ1n) is 5.23. The van der Waals surface area contributed by atoms with Crippen molar-refractivity contribution < 1.29 is 14.4 Å². The molecule has 0 spiro atoms. The molecule has 1 rings (SSSR count). The Kier molecular flexibility index (Phi) is 3.82. The standard InChI is InChI=1S/C11H16N2O3/c1-4-7(2)13(8(3)14)9-5-6-10(15)12-11(9)16/h4,9H,5-6H2,1-3H3,(H,12,15,16)/b7-4-. The predicted molar refractivity (Wildman–Crippen MR) is 58.1 cm³/mol. The zero-order valence-electron chi connectivity index (χ0n) is 9.74. The molecular weight excluding hydrogens is 208 g/mol. The second-order valence-corrected chi connectivity index (χ2v) is 3.79. The molecule has 0 aromatic rings. The van der Waals surface area contributed by atoms with Gasteiger partial charge in [-0.1, -0.05) is 6.08 Å². The van der Waals surface area contributed by atoms with Crippen LogP contribution in [-0.4, -0.2) is 28.7 Å². The molecule has 0 bridgehead atoms. The summed E-state index contributed by atoms with van der Waals surface area (Å²) >= 11 is 0. The molecule has 1 unspecified atom stereocenters. The maximum absolute atomic E-state index is 11.6. The fraction of sp³-hybridized carbons (Fsp3) is 0.545. The van der Waals surface area contributed by atoms with Crippen molar-refractivity contribution in [3.8, 4) is 0 Å². The van der Waals surface area contributed by atoms with Gasteiger partial charge in [0.25, 0.3) is 0 Å². The van der Waals surface area contributed by atoms with Crippen LogP contribution in [-0.2, 0) is 14.4 Å². The molecule has 0 radical (unpaired) electrons. The monoisotopic (exact) mass is 224 g/mol. The minimum atomic E-state index is -0.564. The number of nitrogens with zero attached hydrogens (tertiary/aromatic N) is 1. The highest BCUT2D eigenvalue weighted by atomic mass is 16.2. The molecule has 0 aliphatic carbocycles. The fourth-order valence-corrected chi connectivity index (χ4v) is 1.78. The van der Waals surface area contributed by atoms with Crippen LogP contribution in [0, 0.1) is 0 Å². The molecule has 1 fully saturated rings. The average molecular weight is 224 g/mol. The van der Waals surface area contributed by atoms with Gasteiger partial charge in [-0.15, -0.1) is 0 Å². The lowest BCUT2D eigenvalue weighted by atomic mass is 10.0. The molecule has 5 heteroatoms. The summed E-state index contributed by atoms with van der Waals surface area (Å²) in [6.07, 6.45) is 2.43. The van der Waals surface area contributed by atoms with Crippen molar-refractivity contribution in [3.63, 3.8) is 0 Å². The van der Waals surface area contributed by atoms with Crippen molar-refractivity contribution in [2.75, 3.05) is 0 Å². The SMILES string of the molecule is C/C=C(/C)N(C(C)=O)C1CCC(=O)NC1=O. The minimum Gasteiger partial charge on any atom is -0.305 e. The number of hydrogen-bond donors (Lipinski definition) is 1. The quantitative estimate of drug-likeness (QED) is 0.697. The van der Waals surface area contributed by atoms with Crippen molar-refractivity contribution in [1.29, 1.82) is 0 Å². The number of piperidine rings is 1. The first-order chi connectivity index (χ1) is 7.47. The molecular formula is C11H16N2O3. The van der Waals surface area contributed by atoms with E-state index in [0.717, 1.165) is 5.70 Å². The average Bonchev–Trinajstić information content (AvgIpc) is 2.21. The van der Waals surface area contributed by atoms with Crippen LogP contribution >= 0.6 is 0 Å². The van der Waals surface area contributed by atoms with Crippen molar-refractivity contribution >= 4 is 17.7 Å². The number of rotatable bonds is 2. The lowest BCUT2D eigenvalue weighted by Crippen LogP contribution is -2.53. The molecule has 0 saturated carbocycles. The number of amides is 3. The minimum absolute atomic E-state index is 0.190. The lowest BCUT2D eigenvalue weighted by Gasteiger charge is -2.32. The van der Waals surface area contributed by atoms with Crippen LogP contribution in [0.2, 0.25) is 0 Å². The van der Waals surface area contributed by atoms with Crippen molar-refractivity contribution in [1.82, 2.24) is 10.2 Å². The number of carbonyl (C=O) groups excluding carboxylic acids is 3. The van der Waals surface area contributed by atoms with Gasteiger partial charge in [0.05, 0.1) is 0 Å². The predicted octanol–water partition coefficient (Wildman–Crippen LogP) is 0.564. The van der Waals surface area contributed by atoms with E-state index in [1.54, 1.807) is 19.9 Å². The Hall–Kier alpha value is -1.65. The highest BCUT2D eigenvalue weighted by Gasteiger charge is 2.33. The van der Waals surface area contributed by atoms with Crippen LogP contribution in [0.25, 0.3) is 0 Å². The normalized spacial score (nSPS) is 21.7. The Labute approximate surface area is 94.5 Å². The summed E-state index contributed by atoms with van der Waals surface area (Å²) < 4.78 is 0. The summed E-state index contributed by atoms with van der Waals surface area (Å²) in [5.74, 6) is -0.861. The second-order valence-electron chi connectivity index (χ2n) is 3.79. The summed E-state index contributed by atoms with van der Waals surface area (Å²) in [4.78, 5) is 35.5. The number of imide groups is 1. The summed E-state index contributed by atoms with van der Waals surface area (Å²) in [6, 6.07) is -0.564. The Morgan fingerprint density at radius 2 is 2.06 bits per heavy atom. The second kappa shape index (κ2) is 4.92. The van der Waals surface area contributed by atoms with E-state index in [9.17, 15) is 14.4 Å². The van der Waals surface area contributed by atoms with Gasteiger partial charge in [-0.2, -0.15) is 0 Å². The van der Waals surface area contributed by atoms with Gasteiger partial charge in [-0.05, 0) is 20.3 Å². The largest absolute Gasteiger partial charge is 0.305 e. The van der Waals surface area contributed by atoms with Crippen LogP contribution in [0.15, 0.2) is 11.8 Å². The van der Waals surface area contributed by atoms with Gasteiger partial charge in [0.1, 0.15) is 6.04 Å². The molecule has 16 heavy (non-hydrogen) atoms. The Bertz CT molecular complexity index is 360. The van der Waals surface area contributed by atoms with E-state index in [-0.39, 0.29) is 18.2 Å². The van der Waals surface area contributed by atoms with Crippen LogP contribution in [0.5, 0.6) is 0 Å². The molecule has 1 aliphatic heterocycles. The molecule has 1 atom stereocenters. The highest BCUT2D eigenvalue weighted by Crippen LogP contribution is 2.17. The van der Waals surface area contributed by atoms with Gasteiger partial charge in [-0.3, -0.25) is 19.7 Å². The lowest BCUT2D eigenvalue weighted by molar-refractivity contribution is -0.143. The summed E-state index contributed by atoms with van der Waals surface area (Å²) in [5.41, 5.74) is 0.724. The van der Waals surface area contributed by atoms with E-state index in [0.29, 0.717) is 6.42 Å². The maximum Gasteiger partial charge on any atom is 0.249 e. The van der Waals surface area contributed by atoms with E-state index < -0.39 is 11.9 Å². The third-order valence-electron chi connectivity index (χ3n) is 2.66. The third-order valence-corrected chi connectivity index (χ3v) is 2.66. The summed E-state index contributed by atoms with van der Waals surface area (Å²) in [6.45, 7) is 4.99. The molecule has 0 aromatic heterocycles. The highest BCUT2D eigenvalue weighted by molar-refractivity contribution is 6.01. The van der Waals surface area contributed by atoms with Crippen LogP contribution in [0.4, 0.5) is 0 Å². The molecule has 1 N–H and O–H groups in total. The van der Waals surface area contributed by atoms with Gasteiger partial charge in [0.15, 0.2) is 0 Å². The van der Waals surface area contributed by atoms with Crippen LogP contribution < -0.4 is 5.32 Å². The van der Waals surface area contributed by atoms with Gasteiger partial charge >= 0.3 is 0 Å². The zero-order valence-corrected chi connectivity index (χ0v) is 9.74. The molecule has 0 aromatic carbocycles. The molecule has 1 saturated heterocycles. The van der Waals surface area contributed by atoms with E-state index in [1.165, 1.54) is 11.8 Å². The van der Waals surface area contributed by atoms with E-state index in [2.05, 4.69) is 5.32 Å².